The van der Waals surface area contributed by atoms with Crippen LogP contribution in [-0.2, 0) is 17.6 Å². The highest BCUT2D eigenvalue weighted by Crippen LogP contribution is 2.46. The molecule has 150 valence electrons. The van der Waals surface area contributed by atoms with E-state index in [0.29, 0.717) is 0 Å². The molecule has 3 nitrogen and oxygen atoms in total. The first kappa shape index (κ1) is 19.9. The Balaban J connectivity index is 1.84. The van der Waals surface area contributed by atoms with Crippen LogP contribution in [0.2, 0.25) is 5.02 Å². The maximum absolute atomic E-state index is 12.0. The lowest BCUT2D eigenvalue weighted by atomic mass is 9.87. The van der Waals surface area contributed by atoms with Crippen molar-refractivity contribution in [1.82, 2.24) is 4.90 Å². The lowest BCUT2D eigenvalue weighted by Gasteiger charge is -2.38. The second-order valence-corrected chi connectivity index (χ2v) is 9.85. The van der Waals surface area contributed by atoms with Crippen molar-refractivity contribution in [2.24, 2.45) is 5.92 Å². The molecule has 0 bridgehead atoms. The normalized spacial score (nSPS) is 19.2. The van der Waals surface area contributed by atoms with Crippen LogP contribution in [0.25, 0.3) is 0 Å². The Bertz CT molecular complexity index is 854. The molecule has 5 heteroatoms. The molecule has 1 amide bonds. The molecule has 2 aliphatic rings. The molecular weight excluding hydrogens is 388 g/mol. The molecule has 1 atom stereocenters. The van der Waals surface area contributed by atoms with E-state index in [9.17, 15) is 4.79 Å². The third kappa shape index (κ3) is 4.14. The number of carbonyl (C=O) groups excluding carboxylic acids is 1. The van der Waals surface area contributed by atoms with E-state index in [1.807, 2.05) is 12.1 Å². The number of carbonyl (C=O) groups is 1. The number of rotatable bonds is 4. The molecule has 0 saturated carbocycles. The summed E-state index contributed by atoms with van der Waals surface area (Å²) in [5, 5.41) is 4.98. The van der Waals surface area contributed by atoms with E-state index >= 15 is 0 Å². The molecule has 1 unspecified atom stereocenters. The Labute approximate surface area is 177 Å². The van der Waals surface area contributed by atoms with E-state index < -0.39 is 0 Å². The van der Waals surface area contributed by atoms with Crippen LogP contribution in [0.5, 0.6) is 0 Å². The fraction of sp³-hybridized carbons (Fsp3) is 0.522. The van der Waals surface area contributed by atoms with Crippen LogP contribution in [0.3, 0.4) is 0 Å². The summed E-state index contributed by atoms with van der Waals surface area (Å²) < 4.78 is 0. The number of halogens is 1. The molecule has 1 N–H and O–H groups in total. The average molecular weight is 417 g/mol. The van der Waals surface area contributed by atoms with E-state index in [0.717, 1.165) is 41.9 Å². The second kappa shape index (κ2) is 8.56. The molecule has 1 aliphatic heterocycles. The highest BCUT2D eigenvalue weighted by atomic mass is 35.5. The van der Waals surface area contributed by atoms with Gasteiger partial charge in [-0.25, -0.2) is 0 Å². The predicted molar refractivity (Wildman–Crippen MR) is 119 cm³/mol. The van der Waals surface area contributed by atoms with Crippen LogP contribution in [-0.4, -0.2) is 23.9 Å². The lowest BCUT2D eigenvalue weighted by molar-refractivity contribution is -0.114. The summed E-state index contributed by atoms with van der Waals surface area (Å²) in [6, 6.07) is 8.45. The fourth-order valence-electron chi connectivity index (χ4n) is 4.66. The standard InChI is InChI=1S/C23H29ClN2OS/c1-15-10-12-26(13-11-15)22(17-6-5-7-18(24)14-17)21-19-8-3-4-9-20(19)28-23(21)25-16(2)27/h5-7,14-15,22H,3-4,8-13H2,1-2H3,(H,25,27). The molecule has 28 heavy (non-hydrogen) atoms. The van der Waals surface area contributed by atoms with Crippen LogP contribution < -0.4 is 5.32 Å². The minimum absolute atomic E-state index is 0.0111. The summed E-state index contributed by atoms with van der Waals surface area (Å²) in [6.07, 6.45) is 7.16. The minimum atomic E-state index is 0.0111. The quantitative estimate of drug-likeness (QED) is 0.656. The zero-order chi connectivity index (χ0) is 19.7. The largest absolute Gasteiger partial charge is 0.318 e. The maximum atomic E-state index is 12.0. The third-order valence-electron chi connectivity index (χ3n) is 6.12. The Morgan fingerprint density at radius 3 is 2.71 bits per heavy atom. The van der Waals surface area contributed by atoms with Gasteiger partial charge in [0.15, 0.2) is 0 Å². The summed E-state index contributed by atoms with van der Waals surface area (Å²) >= 11 is 8.18. The number of amides is 1. The maximum Gasteiger partial charge on any atom is 0.221 e. The first-order valence-electron chi connectivity index (χ1n) is 10.4. The van der Waals surface area contributed by atoms with Gasteiger partial charge in [-0.1, -0.05) is 30.7 Å². The van der Waals surface area contributed by atoms with Gasteiger partial charge in [0.1, 0.15) is 5.00 Å². The van der Waals surface area contributed by atoms with Crippen molar-refractivity contribution in [3.05, 3.63) is 50.9 Å². The number of nitrogens with zero attached hydrogens (tertiary/aromatic N) is 1. The van der Waals surface area contributed by atoms with Crippen LogP contribution in [0.1, 0.15) is 67.1 Å². The molecule has 1 aliphatic carbocycles. The Hall–Kier alpha value is -1.36. The molecule has 2 heterocycles. The summed E-state index contributed by atoms with van der Waals surface area (Å²) in [7, 11) is 0. The number of benzene rings is 1. The van der Waals surface area contributed by atoms with Gasteiger partial charge < -0.3 is 5.32 Å². The Morgan fingerprint density at radius 1 is 1.25 bits per heavy atom. The number of likely N-dealkylation sites (tertiary alicyclic amines) is 1. The van der Waals surface area contributed by atoms with Crippen LogP contribution in [0, 0.1) is 5.92 Å². The van der Waals surface area contributed by atoms with Gasteiger partial charge in [-0.2, -0.15) is 0 Å². The smallest absolute Gasteiger partial charge is 0.221 e. The Kier molecular flexibility index (Phi) is 6.10. The molecule has 2 aromatic rings. The van der Waals surface area contributed by atoms with Gasteiger partial charge in [-0.3, -0.25) is 9.69 Å². The van der Waals surface area contributed by atoms with E-state index in [1.165, 1.54) is 47.3 Å². The van der Waals surface area contributed by atoms with Gasteiger partial charge in [-0.05, 0) is 80.8 Å². The first-order chi connectivity index (χ1) is 13.5. The van der Waals surface area contributed by atoms with Crippen LogP contribution >= 0.6 is 22.9 Å². The summed E-state index contributed by atoms with van der Waals surface area (Å²) in [5.74, 6) is 0.791. The van der Waals surface area contributed by atoms with Gasteiger partial charge in [0.05, 0.1) is 6.04 Å². The number of piperidine rings is 1. The molecule has 1 fully saturated rings. The summed E-state index contributed by atoms with van der Waals surface area (Å²) in [5.41, 5.74) is 4.04. The van der Waals surface area contributed by atoms with Gasteiger partial charge in [0.2, 0.25) is 5.91 Å². The van der Waals surface area contributed by atoms with Crippen molar-refractivity contribution in [3.8, 4) is 0 Å². The number of thiophene rings is 1. The van der Waals surface area contributed by atoms with Gasteiger partial charge in [0, 0.05) is 22.4 Å². The Morgan fingerprint density at radius 2 is 2.00 bits per heavy atom. The lowest BCUT2D eigenvalue weighted by Crippen LogP contribution is -2.37. The van der Waals surface area contributed by atoms with Crippen molar-refractivity contribution >= 4 is 33.8 Å². The SMILES string of the molecule is CC(=O)Nc1sc2c(c1C(c1cccc(Cl)c1)N1CCC(C)CC1)CCCC2. The molecule has 1 aromatic carbocycles. The summed E-state index contributed by atoms with van der Waals surface area (Å²) in [4.78, 5) is 16.0. The topological polar surface area (TPSA) is 32.3 Å². The van der Waals surface area contributed by atoms with E-state index in [-0.39, 0.29) is 11.9 Å². The first-order valence-corrected chi connectivity index (χ1v) is 11.6. The van der Waals surface area contributed by atoms with Crippen molar-refractivity contribution in [2.75, 3.05) is 18.4 Å². The number of hydrogen-bond donors (Lipinski definition) is 1. The van der Waals surface area contributed by atoms with E-state index in [1.54, 1.807) is 18.3 Å². The van der Waals surface area contributed by atoms with E-state index in [4.69, 9.17) is 11.6 Å². The second-order valence-electron chi connectivity index (χ2n) is 8.31. The van der Waals surface area contributed by atoms with Crippen LogP contribution in [0.4, 0.5) is 5.00 Å². The van der Waals surface area contributed by atoms with Gasteiger partial charge >= 0.3 is 0 Å². The van der Waals surface area contributed by atoms with Crippen molar-refractivity contribution in [1.29, 1.82) is 0 Å². The number of fused-ring (bicyclic) bond motifs is 1. The number of aryl methyl sites for hydroxylation is 1. The molecule has 1 saturated heterocycles. The van der Waals surface area contributed by atoms with Gasteiger partial charge in [0.25, 0.3) is 0 Å². The van der Waals surface area contributed by atoms with Crippen molar-refractivity contribution in [2.45, 2.75) is 58.4 Å². The average Bonchev–Trinajstić information content (AvgIpc) is 3.01. The highest BCUT2D eigenvalue weighted by Gasteiger charge is 2.33. The number of nitrogens with one attached hydrogen (secondary N) is 1. The summed E-state index contributed by atoms with van der Waals surface area (Å²) in [6.45, 7) is 6.13. The van der Waals surface area contributed by atoms with Crippen LogP contribution in [0.15, 0.2) is 24.3 Å². The molecule has 4 rings (SSSR count). The zero-order valence-electron chi connectivity index (χ0n) is 16.8. The van der Waals surface area contributed by atoms with Crippen molar-refractivity contribution < 1.29 is 4.79 Å². The minimum Gasteiger partial charge on any atom is -0.318 e. The monoisotopic (exact) mass is 416 g/mol. The number of anilines is 1. The zero-order valence-corrected chi connectivity index (χ0v) is 18.3. The molecular formula is C23H29ClN2OS. The number of hydrogen-bond acceptors (Lipinski definition) is 3. The van der Waals surface area contributed by atoms with E-state index in [2.05, 4.69) is 29.3 Å². The molecule has 1 aromatic heterocycles. The highest BCUT2D eigenvalue weighted by molar-refractivity contribution is 7.16. The fourth-order valence-corrected chi connectivity index (χ4v) is 6.22. The molecule has 0 spiro atoms. The van der Waals surface area contributed by atoms with Gasteiger partial charge in [-0.15, -0.1) is 11.3 Å². The molecule has 0 radical (unpaired) electrons. The third-order valence-corrected chi connectivity index (χ3v) is 7.58. The van der Waals surface area contributed by atoms with Crippen molar-refractivity contribution in [3.63, 3.8) is 0 Å². The predicted octanol–water partition coefficient (Wildman–Crippen LogP) is 6.06.